The van der Waals surface area contributed by atoms with Crippen molar-refractivity contribution in [3.63, 3.8) is 0 Å². The maximum absolute atomic E-state index is 3.63. The van der Waals surface area contributed by atoms with Gasteiger partial charge in [0.2, 0.25) is 0 Å². The molecule has 2 nitrogen and oxygen atoms in total. The normalized spacial score (nSPS) is 13.7. The van der Waals surface area contributed by atoms with E-state index >= 15 is 0 Å². The Kier molecular flexibility index (Phi) is 15.4. The van der Waals surface area contributed by atoms with Gasteiger partial charge >= 0.3 is 0 Å². The standard InChI is InChI=1S/C26H50N2/c1-5-8-11-12-13-14-15-16-18-21-25(20-10-7-3)26-27-22-23-28(26)24(4)19-17-9-6-2/h22-25H,5-21H2,1-4H3/p+1. The third kappa shape index (κ3) is 10.7. The molecule has 28 heavy (non-hydrogen) atoms. The Hall–Kier alpha value is -0.790. The number of aromatic nitrogens is 2. The monoisotopic (exact) mass is 391 g/mol. The van der Waals surface area contributed by atoms with Crippen LogP contribution < -0.4 is 4.57 Å². The molecule has 2 atom stereocenters. The molecule has 0 amide bonds. The lowest BCUT2D eigenvalue weighted by molar-refractivity contribution is -0.727. The Labute approximate surface area is 176 Å². The van der Waals surface area contributed by atoms with Gasteiger partial charge in [0, 0.05) is 0 Å². The topological polar surface area (TPSA) is 19.7 Å². The summed E-state index contributed by atoms with van der Waals surface area (Å²) in [6.07, 6.45) is 28.0. The van der Waals surface area contributed by atoms with Crippen molar-refractivity contribution in [1.29, 1.82) is 0 Å². The molecule has 0 fully saturated rings. The second kappa shape index (κ2) is 17.1. The second-order valence-electron chi connectivity index (χ2n) is 9.05. The molecule has 164 valence electrons. The van der Waals surface area contributed by atoms with Gasteiger partial charge in [-0.2, -0.15) is 0 Å². The molecule has 0 spiro atoms. The molecule has 1 aromatic heterocycles. The second-order valence-corrected chi connectivity index (χ2v) is 9.05. The fourth-order valence-corrected chi connectivity index (χ4v) is 4.47. The van der Waals surface area contributed by atoms with E-state index in [1.165, 1.54) is 115 Å². The summed E-state index contributed by atoms with van der Waals surface area (Å²) in [7, 11) is 0. The van der Waals surface area contributed by atoms with Gasteiger partial charge in [0.15, 0.2) is 0 Å². The van der Waals surface area contributed by atoms with E-state index in [1.807, 2.05) is 0 Å². The molecule has 1 heterocycles. The van der Waals surface area contributed by atoms with Crippen molar-refractivity contribution in [3.05, 3.63) is 18.2 Å². The Morgan fingerprint density at radius 2 is 1.18 bits per heavy atom. The smallest absolute Gasteiger partial charge is 0.247 e. The third-order valence-corrected chi connectivity index (χ3v) is 6.39. The van der Waals surface area contributed by atoms with Crippen LogP contribution in [0.15, 0.2) is 12.4 Å². The fraction of sp³-hybridized carbons (Fsp3) is 0.885. The molecule has 0 aliphatic carbocycles. The van der Waals surface area contributed by atoms with Crippen LogP contribution in [0.4, 0.5) is 0 Å². The average Bonchev–Trinajstić information content (AvgIpc) is 3.19. The molecule has 0 radical (unpaired) electrons. The number of rotatable bonds is 19. The SMILES string of the molecule is CCCCCCCCCCCC(CCCC)c1[nH]cc[n+]1C(C)CCCCC. The van der Waals surface area contributed by atoms with Crippen molar-refractivity contribution < 1.29 is 4.57 Å². The zero-order valence-electron chi connectivity index (χ0n) is 19.8. The molecule has 1 N–H and O–H groups in total. The summed E-state index contributed by atoms with van der Waals surface area (Å²) in [5.74, 6) is 2.21. The highest BCUT2D eigenvalue weighted by atomic mass is 15.1. The molecule has 2 unspecified atom stereocenters. The molecule has 1 aromatic rings. The Balaban J connectivity index is 2.42. The number of H-pyrrole nitrogens is 1. The highest BCUT2D eigenvalue weighted by molar-refractivity contribution is 4.90. The van der Waals surface area contributed by atoms with Gasteiger partial charge in [-0.15, -0.1) is 0 Å². The van der Waals surface area contributed by atoms with Crippen LogP contribution in [0, 0.1) is 0 Å². The molecule has 0 bridgehead atoms. The van der Waals surface area contributed by atoms with Crippen LogP contribution in [0.25, 0.3) is 0 Å². The predicted octanol–water partition coefficient (Wildman–Crippen LogP) is 8.64. The van der Waals surface area contributed by atoms with Crippen LogP contribution in [0.1, 0.15) is 155 Å². The molecule has 0 aliphatic heterocycles. The molecule has 0 aromatic carbocycles. The minimum atomic E-state index is 0.625. The summed E-state index contributed by atoms with van der Waals surface area (Å²) in [6.45, 7) is 9.33. The van der Waals surface area contributed by atoms with Crippen LogP contribution in [0.5, 0.6) is 0 Å². The van der Waals surface area contributed by atoms with E-state index in [9.17, 15) is 0 Å². The van der Waals surface area contributed by atoms with Crippen molar-refractivity contribution >= 4 is 0 Å². The third-order valence-electron chi connectivity index (χ3n) is 6.39. The lowest BCUT2D eigenvalue weighted by atomic mass is 9.93. The maximum atomic E-state index is 3.63. The van der Waals surface area contributed by atoms with Gasteiger partial charge in [-0.3, -0.25) is 0 Å². The quantitative estimate of drug-likeness (QED) is 0.180. The maximum Gasteiger partial charge on any atom is 0.257 e. The molecular formula is C26H51N2+. The van der Waals surface area contributed by atoms with Gasteiger partial charge in [-0.1, -0.05) is 104 Å². The first-order chi connectivity index (χ1) is 13.7. The number of imidazole rings is 1. The summed E-state index contributed by atoms with van der Waals surface area (Å²) in [4.78, 5) is 3.63. The predicted molar refractivity (Wildman–Crippen MR) is 124 cm³/mol. The number of nitrogens with zero attached hydrogens (tertiary/aromatic N) is 1. The lowest BCUT2D eigenvalue weighted by Crippen LogP contribution is -2.41. The van der Waals surface area contributed by atoms with Gasteiger partial charge < -0.3 is 0 Å². The van der Waals surface area contributed by atoms with E-state index in [4.69, 9.17) is 0 Å². The highest BCUT2D eigenvalue weighted by Gasteiger charge is 2.25. The van der Waals surface area contributed by atoms with Gasteiger partial charge in [0.1, 0.15) is 12.4 Å². The minimum absolute atomic E-state index is 0.625. The molecule has 0 saturated carbocycles. The first kappa shape index (κ1) is 25.2. The average molecular weight is 392 g/mol. The van der Waals surface area contributed by atoms with E-state index in [0.717, 1.165) is 0 Å². The fourth-order valence-electron chi connectivity index (χ4n) is 4.47. The number of nitrogens with one attached hydrogen (secondary N) is 1. The number of unbranched alkanes of at least 4 members (excludes halogenated alkanes) is 11. The molecular weight excluding hydrogens is 340 g/mol. The van der Waals surface area contributed by atoms with Crippen LogP contribution in [0.2, 0.25) is 0 Å². The van der Waals surface area contributed by atoms with Gasteiger partial charge in [0.05, 0.1) is 12.0 Å². The zero-order valence-corrected chi connectivity index (χ0v) is 19.8. The molecule has 2 heteroatoms. The largest absolute Gasteiger partial charge is 0.257 e. The Bertz CT molecular complexity index is 451. The van der Waals surface area contributed by atoms with Crippen molar-refractivity contribution in [2.75, 3.05) is 0 Å². The molecule has 0 aliphatic rings. The van der Waals surface area contributed by atoms with E-state index in [0.29, 0.717) is 12.0 Å². The van der Waals surface area contributed by atoms with Gasteiger partial charge in [0.25, 0.3) is 5.82 Å². The van der Waals surface area contributed by atoms with Gasteiger partial charge in [-0.05, 0) is 32.6 Å². The Morgan fingerprint density at radius 1 is 0.679 bits per heavy atom. The van der Waals surface area contributed by atoms with E-state index < -0.39 is 0 Å². The zero-order chi connectivity index (χ0) is 20.5. The first-order valence-electron chi connectivity index (χ1n) is 12.8. The van der Waals surface area contributed by atoms with E-state index in [-0.39, 0.29) is 0 Å². The van der Waals surface area contributed by atoms with Crippen LogP contribution in [-0.2, 0) is 0 Å². The lowest BCUT2D eigenvalue weighted by Gasteiger charge is -2.17. The van der Waals surface area contributed by atoms with E-state index in [1.54, 1.807) is 0 Å². The van der Waals surface area contributed by atoms with Crippen molar-refractivity contribution in [2.24, 2.45) is 0 Å². The number of hydrogen-bond donors (Lipinski definition) is 1. The van der Waals surface area contributed by atoms with E-state index in [2.05, 4.69) is 49.6 Å². The summed E-state index contributed by atoms with van der Waals surface area (Å²) in [5, 5.41) is 0. The summed E-state index contributed by atoms with van der Waals surface area (Å²) in [6, 6.07) is 0.625. The van der Waals surface area contributed by atoms with Crippen LogP contribution in [-0.4, -0.2) is 4.98 Å². The number of hydrogen-bond acceptors (Lipinski definition) is 0. The molecule has 1 rings (SSSR count). The van der Waals surface area contributed by atoms with Crippen LogP contribution in [0.3, 0.4) is 0 Å². The minimum Gasteiger partial charge on any atom is -0.247 e. The first-order valence-corrected chi connectivity index (χ1v) is 12.8. The van der Waals surface area contributed by atoms with Gasteiger partial charge in [-0.25, -0.2) is 9.55 Å². The van der Waals surface area contributed by atoms with Crippen molar-refractivity contribution in [1.82, 2.24) is 4.98 Å². The summed E-state index contributed by atoms with van der Waals surface area (Å²) in [5.41, 5.74) is 0. The van der Waals surface area contributed by atoms with Crippen LogP contribution >= 0.6 is 0 Å². The highest BCUT2D eigenvalue weighted by Crippen LogP contribution is 2.26. The summed E-state index contributed by atoms with van der Waals surface area (Å²) >= 11 is 0. The van der Waals surface area contributed by atoms with Crippen molar-refractivity contribution in [3.8, 4) is 0 Å². The number of aromatic amines is 1. The Morgan fingerprint density at radius 3 is 1.82 bits per heavy atom. The van der Waals surface area contributed by atoms with Crippen molar-refractivity contribution in [2.45, 2.75) is 149 Å². The summed E-state index contributed by atoms with van der Waals surface area (Å²) < 4.78 is 2.56. The molecule has 0 saturated heterocycles.